The summed E-state index contributed by atoms with van der Waals surface area (Å²) in [5.41, 5.74) is 1.41. The van der Waals surface area contributed by atoms with E-state index in [9.17, 15) is 23.1 Å². The number of carbonyl (C=O) groups is 1. The van der Waals surface area contributed by atoms with Gasteiger partial charge in [0.2, 0.25) is 5.88 Å². The molecule has 1 N–H and O–H groups in total. The maximum Gasteiger partial charge on any atom is 0.393 e. The van der Waals surface area contributed by atoms with Crippen molar-refractivity contribution in [2.45, 2.75) is 45.0 Å². The minimum atomic E-state index is -4.38. The summed E-state index contributed by atoms with van der Waals surface area (Å²) in [5, 5.41) is 9.83. The number of pyridine rings is 1. The third-order valence-corrected chi connectivity index (χ3v) is 7.77. The Morgan fingerprint density at radius 2 is 1.92 bits per heavy atom. The molecular formula is C26H31ClF3N3O4. The highest BCUT2D eigenvalue weighted by atomic mass is 35.5. The van der Waals surface area contributed by atoms with E-state index in [-0.39, 0.29) is 25.0 Å². The van der Waals surface area contributed by atoms with E-state index < -0.39 is 30.0 Å². The van der Waals surface area contributed by atoms with E-state index in [1.807, 2.05) is 6.07 Å². The highest BCUT2D eigenvalue weighted by Gasteiger charge is 2.52. The molecule has 0 spiro atoms. The van der Waals surface area contributed by atoms with E-state index in [0.29, 0.717) is 22.3 Å². The van der Waals surface area contributed by atoms with Crippen LogP contribution >= 0.6 is 11.6 Å². The van der Waals surface area contributed by atoms with E-state index >= 15 is 0 Å². The summed E-state index contributed by atoms with van der Waals surface area (Å²) in [7, 11) is 1.55. The van der Waals surface area contributed by atoms with E-state index in [0.717, 1.165) is 25.2 Å². The lowest BCUT2D eigenvalue weighted by molar-refractivity contribution is -0.179. The minimum Gasteiger partial charge on any atom is -0.490 e. The number of hydrogen-bond acceptors (Lipinski definition) is 6. The maximum atomic E-state index is 13.6. The van der Waals surface area contributed by atoms with E-state index in [2.05, 4.69) is 16.8 Å². The van der Waals surface area contributed by atoms with Gasteiger partial charge in [-0.15, -0.1) is 0 Å². The Kier molecular flexibility index (Phi) is 7.96. The van der Waals surface area contributed by atoms with Crippen LogP contribution in [0.25, 0.3) is 0 Å². The van der Waals surface area contributed by atoms with Crippen LogP contribution in [0.15, 0.2) is 36.5 Å². The Morgan fingerprint density at radius 3 is 2.51 bits per heavy atom. The second kappa shape index (κ2) is 10.8. The zero-order chi connectivity index (χ0) is 26.9. The van der Waals surface area contributed by atoms with Crippen molar-refractivity contribution in [1.82, 2.24) is 4.98 Å². The van der Waals surface area contributed by atoms with Gasteiger partial charge in [0.05, 0.1) is 36.4 Å². The number of ether oxygens (including phenoxy) is 2. The number of aromatic nitrogens is 1. The van der Waals surface area contributed by atoms with Crippen LogP contribution in [0.5, 0.6) is 11.6 Å². The predicted molar refractivity (Wildman–Crippen MR) is 135 cm³/mol. The molecule has 0 amide bonds. The van der Waals surface area contributed by atoms with Gasteiger partial charge in [0.1, 0.15) is 11.9 Å². The monoisotopic (exact) mass is 541 g/mol. The lowest BCUT2D eigenvalue weighted by atomic mass is 9.90. The fraction of sp³-hybridized carbons (Fsp3) is 0.538. The first kappa shape index (κ1) is 27.2. The number of benzene rings is 1. The Bertz CT molecular complexity index is 1100. The Labute approximate surface area is 219 Å². The third kappa shape index (κ3) is 6.00. The number of aliphatic carboxylic acids is 1. The fourth-order valence-corrected chi connectivity index (χ4v) is 5.63. The van der Waals surface area contributed by atoms with Crippen molar-refractivity contribution in [2.24, 2.45) is 17.8 Å². The number of halogens is 4. The first-order valence-corrected chi connectivity index (χ1v) is 12.6. The Balaban J connectivity index is 1.42. The molecule has 5 atom stereocenters. The van der Waals surface area contributed by atoms with Crippen molar-refractivity contribution in [3.63, 3.8) is 0 Å². The van der Waals surface area contributed by atoms with Gasteiger partial charge in [0.15, 0.2) is 0 Å². The van der Waals surface area contributed by atoms with Crippen molar-refractivity contribution in [3.8, 4) is 11.6 Å². The van der Waals surface area contributed by atoms with Crippen molar-refractivity contribution < 1.29 is 32.5 Å². The molecule has 11 heteroatoms. The molecule has 2 aliphatic heterocycles. The van der Waals surface area contributed by atoms with Gasteiger partial charge >= 0.3 is 12.1 Å². The van der Waals surface area contributed by atoms with Crippen molar-refractivity contribution in [2.75, 3.05) is 36.5 Å². The van der Waals surface area contributed by atoms with Gasteiger partial charge in [0.25, 0.3) is 0 Å². The molecule has 3 heterocycles. The van der Waals surface area contributed by atoms with Crippen LogP contribution in [0.1, 0.15) is 26.7 Å². The SMILES string of the molecule is COc1cc(N2CC[C@@H](Oc3ccc(N4C[C@H](C(F)(F)F)[C@@H](C)[C@@H]4CC(=O)O)cc3)[C@H](C)C2)c(Cl)cn1. The molecule has 0 unspecified atom stereocenters. The van der Waals surface area contributed by atoms with Gasteiger partial charge in [-0.1, -0.05) is 25.4 Å². The van der Waals surface area contributed by atoms with Gasteiger partial charge in [-0.2, -0.15) is 13.2 Å². The normalized spacial score (nSPS) is 26.3. The lowest BCUT2D eigenvalue weighted by Gasteiger charge is -2.38. The number of alkyl halides is 3. The first-order chi connectivity index (χ1) is 17.5. The van der Waals surface area contributed by atoms with Crippen LogP contribution in [-0.4, -0.2) is 61.1 Å². The van der Waals surface area contributed by atoms with Gasteiger partial charge in [0, 0.05) is 49.8 Å². The van der Waals surface area contributed by atoms with Crippen molar-refractivity contribution in [1.29, 1.82) is 0 Å². The maximum absolute atomic E-state index is 13.6. The summed E-state index contributed by atoms with van der Waals surface area (Å²) in [6.07, 6.45) is -2.46. The second-order valence-corrected chi connectivity index (χ2v) is 10.3. The molecule has 0 aliphatic carbocycles. The van der Waals surface area contributed by atoms with Gasteiger partial charge in [-0.25, -0.2) is 4.98 Å². The molecule has 0 bridgehead atoms. The van der Waals surface area contributed by atoms with Crippen LogP contribution in [-0.2, 0) is 4.79 Å². The van der Waals surface area contributed by atoms with Gasteiger partial charge < -0.3 is 24.4 Å². The molecule has 0 radical (unpaired) electrons. The number of piperidine rings is 1. The topological polar surface area (TPSA) is 75.1 Å². The largest absolute Gasteiger partial charge is 0.490 e. The van der Waals surface area contributed by atoms with E-state index in [1.165, 1.54) is 6.92 Å². The average Bonchev–Trinajstić information content (AvgIpc) is 3.17. The number of anilines is 2. The smallest absolute Gasteiger partial charge is 0.393 e. The molecule has 2 fully saturated rings. The second-order valence-electron chi connectivity index (χ2n) is 9.87. The van der Waals surface area contributed by atoms with E-state index in [4.69, 9.17) is 21.1 Å². The zero-order valence-electron chi connectivity index (χ0n) is 20.9. The van der Waals surface area contributed by atoms with Crippen LogP contribution in [0.4, 0.5) is 24.5 Å². The molecule has 2 aromatic rings. The minimum absolute atomic E-state index is 0.0502. The number of methoxy groups -OCH3 is 1. The molecule has 1 aromatic heterocycles. The number of carboxylic acid groups (broad SMARTS) is 1. The van der Waals surface area contributed by atoms with Gasteiger partial charge in [-0.05, 0) is 30.2 Å². The summed E-state index contributed by atoms with van der Waals surface area (Å²) in [5.74, 6) is -2.23. The summed E-state index contributed by atoms with van der Waals surface area (Å²) in [6, 6.07) is 7.97. The summed E-state index contributed by atoms with van der Waals surface area (Å²) < 4.78 is 52.1. The molecule has 2 aliphatic rings. The summed E-state index contributed by atoms with van der Waals surface area (Å²) in [6.45, 7) is 4.75. The Hall–Kier alpha value is -2.88. The highest BCUT2D eigenvalue weighted by Crippen LogP contribution is 2.44. The van der Waals surface area contributed by atoms with Crippen LogP contribution in [0.3, 0.4) is 0 Å². The zero-order valence-corrected chi connectivity index (χ0v) is 21.7. The molecule has 37 heavy (non-hydrogen) atoms. The third-order valence-electron chi connectivity index (χ3n) is 7.48. The Morgan fingerprint density at radius 1 is 1.22 bits per heavy atom. The van der Waals surface area contributed by atoms with Crippen molar-refractivity contribution in [3.05, 3.63) is 41.6 Å². The average molecular weight is 542 g/mol. The lowest BCUT2D eigenvalue weighted by Crippen LogP contribution is -2.44. The number of rotatable bonds is 7. The molecule has 202 valence electrons. The molecule has 4 rings (SSSR count). The van der Waals surface area contributed by atoms with Crippen LogP contribution in [0, 0.1) is 17.8 Å². The summed E-state index contributed by atoms with van der Waals surface area (Å²) >= 11 is 6.36. The number of hydrogen-bond donors (Lipinski definition) is 1. The predicted octanol–water partition coefficient (Wildman–Crippen LogP) is 5.52. The number of carboxylic acids is 1. The molecule has 2 saturated heterocycles. The molecule has 0 saturated carbocycles. The summed E-state index contributed by atoms with van der Waals surface area (Å²) in [4.78, 5) is 19.2. The van der Waals surface area contributed by atoms with Gasteiger partial charge in [-0.3, -0.25) is 4.79 Å². The quantitative estimate of drug-likeness (QED) is 0.495. The molecule has 7 nitrogen and oxygen atoms in total. The van der Waals surface area contributed by atoms with Crippen LogP contribution < -0.4 is 19.3 Å². The fourth-order valence-electron chi connectivity index (χ4n) is 5.41. The molecule has 1 aromatic carbocycles. The standard InChI is InChI=1S/C26H31ClF3N3O4/c1-15-13-32(22-10-24(36-3)31-12-20(22)27)9-8-23(15)37-18-6-4-17(5-7-18)33-14-19(26(28,29)30)16(2)21(33)11-25(34)35/h4-7,10,12,15-16,19,21,23H,8-9,11,13-14H2,1-3H3,(H,34,35)/t15-,16-,19+,21+,23-/m1/s1. The van der Waals surface area contributed by atoms with Crippen molar-refractivity contribution >= 4 is 28.9 Å². The highest BCUT2D eigenvalue weighted by molar-refractivity contribution is 6.33. The van der Waals surface area contributed by atoms with E-state index in [1.54, 1.807) is 42.5 Å². The van der Waals surface area contributed by atoms with Crippen LogP contribution in [0.2, 0.25) is 5.02 Å². The molecular weight excluding hydrogens is 511 g/mol. The first-order valence-electron chi connectivity index (χ1n) is 12.2. The number of nitrogens with zero attached hydrogens (tertiary/aromatic N) is 3.